The fraction of sp³-hybridized carbons (Fsp3) is 0.318. The number of fused-ring (bicyclic) bond motifs is 1. The minimum absolute atomic E-state index is 0.0397. The van der Waals surface area contributed by atoms with Crippen molar-refractivity contribution in [3.8, 4) is 11.1 Å². The summed E-state index contributed by atoms with van der Waals surface area (Å²) in [6.45, 7) is 4.40. The van der Waals surface area contributed by atoms with Gasteiger partial charge in [0.15, 0.2) is 0 Å². The average molecular weight is 411 g/mol. The topological polar surface area (TPSA) is 69.3 Å². The first-order valence-corrected chi connectivity index (χ1v) is 10.2. The highest BCUT2D eigenvalue weighted by Crippen LogP contribution is 2.36. The molecule has 1 amide bonds. The van der Waals surface area contributed by atoms with E-state index in [9.17, 15) is 9.59 Å². The highest BCUT2D eigenvalue weighted by Gasteiger charge is 2.25. The summed E-state index contributed by atoms with van der Waals surface area (Å²) in [5.41, 5.74) is 4.56. The number of aldehydes is 1. The molecule has 3 heterocycles. The lowest BCUT2D eigenvalue weighted by atomic mass is 10.0. The van der Waals surface area contributed by atoms with Crippen LogP contribution in [0, 0.1) is 0 Å². The molecule has 29 heavy (non-hydrogen) atoms. The van der Waals surface area contributed by atoms with Crippen LogP contribution < -0.4 is 4.90 Å². The molecule has 6 nitrogen and oxygen atoms in total. The van der Waals surface area contributed by atoms with Gasteiger partial charge in [-0.2, -0.15) is 0 Å². The van der Waals surface area contributed by atoms with Crippen molar-refractivity contribution in [2.45, 2.75) is 19.8 Å². The van der Waals surface area contributed by atoms with Crippen LogP contribution in [0.25, 0.3) is 22.2 Å². The Hall–Kier alpha value is -2.70. The number of benzene rings is 1. The predicted octanol–water partition coefficient (Wildman–Crippen LogP) is 3.68. The van der Waals surface area contributed by atoms with Gasteiger partial charge in [-0.25, -0.2) is 4.98 Å². The van der Waals surface area contributed by atoms with Gasteiger partial charge in [0.25, 0.3) is 0 Å². The number of rotatable bonds is 6. The third-order valence-electron chi connectivity index (χ3n) is 5.43. The third kappa shape index (κ3) is 3.78. The van der Waals surface area contributed by atoms with Crippen LogP contribution in [0.1, 0.15) is 18.9 Å². The maximum atomic E-state index is 12.7. The van der Waals surface area contributed by atoms with Crippen LogP contribution in [0.2, 0.25) is 5.02 Å². The summed E-state index contributed by atoms with van der Waals surface area (Å²) in [4.78, 5) is 34.8. The SMILES string of the molecule is CCc1c[nH]c2ncc(-c3cccc(N4CCN(CCC=O)CC4=O)c3)c(Cl)c12. The number of aromatic nitrogens is 2. The molecule has 1 N–H and O–H groups in total. The van der Waals surface area contributed by atoms with Gasteiger partial charge >= 0.3 is 0 Å². The number of aromatic amines is 1. The van der Waals surface area contributed by atoms with Crippen molar-refractivity contribution in [1.29, 1.82) is 0 Å². The van der Waals surface area contributed by atoms with Crippen molar-refractivity contribution in [3.05, 3.63) is 47.2 Å². The number of nitrogens with one attached hydrogen (secondary N) is 1. The first kappa shape index (κ1) is 19.6. The number of hydrogen-bond donors (Lipinski definition) is 1. The van der Waals surface area contributed by atoms with E-state index >= 15 is 0 Å². The molecule has 1 aromatic carbocycles. The van der Waals surface area contributed by atoms with Crippen LogP contribution in [-0.2, 0) is 16.0 Å². The van der Waals surface area contributed by atoms with Crippen LogP contribution in [0.4, 0.5) is 5.69 Å². The maximum absolute atomic E-state index is 12.7. The number of piperazine rings is 1. The summed E-state index contributed by atoms with van der Waals surface area (Å²) in [5.74, 6) is 0.0397. The number of amides is 1. The summed E-state index contributed by atoms with van der Waals surface area (Å²) in [5, 5.41) is 1.63. The van der Waals surface area contributed by atoms with Crippen molar-refractivity contribution in [2.75, 3.05) is 31.1 Å². The summed E-state index contributed by atoms with van der Waals surface area (Å²) in [6.07, 6.45) is 5.94. The maximum Gasteiger partial charge on any atom is 0.241 e. The Balaban J connectivity index is 1.63. The van der Waals surface area contributed by atoms with Gasteiger partial charge in [0.05, 0.1) is 11.6 Å². The number of hydrogen-bond acceptors (Lipinski definition) is 4. The largest absolute Gasteiger partial charge is 0.346 e. The van der Waals surface area contributed by atoms with E-state index in [1.54, 1.807) is 11.1 Å². The lowest BCUT2D eigenvalue weighted by Crippen LogP contribution is -2.50. The van der Waals surface area contributed by atoms with E-state index in [4.69, 9.17) is 11.6 Å². The van der Waals surface area contributed by atoms with E-state index in [-0.39, 0.29) is 5.91 Å². The van der Waals surface area contributed by atoms with Crippen molar-refractivity contribution in [2.24, 2.45) is 0 Å². The Morgan fingerprint density at radius 1 is 1.31 bits per heavy atom. The summed E-state index contributed by atoms with van der Waals surface area (Å²) < 4.78 is 0. The minimum Gasteiger partial charge on any atom is -0.346 e. The second kappa shape index (κ2) is 8.35. The van der Waals surface area contributed by atoms with Crippen LogP contribution in [0.3, 0.4) is 0 Å². The number of H-pyrrole nitrogens is 1. The van der Waals surface area contributed by atoms with E-state index in [0.29, 0.717) is 31.1 Å². The Labute approximate surface area is 174 Å². The lowest BCUT2D eigenvalue weighted by molar-refractivity contribution is -0.121. The Morgan fingerprint density at radius 3 is 2.93 bits per heavy atom. The van der Waals surface area contributed by atoms with E-state index in [2.05, 4.69) is 16.9 Å². The second-order valence-electron chi connectivity index (χ2n) is 7.20. The number of carbonyl (C=O) groups is 2. The number of pyridine rings is 1. The second-order valence-corrected chi connectivity index (χ2v) is 7.58. The molecule has 4 rings (SSSR count). The Kier molecular flexibility index (Phi) is 5.65. The molecule has 0 bridgehead atoms. The molecule has 0 atom stereocenters. The molecule has 0 aliphatic carbocycles. The quantitative estimate of drug-likeness (QED) is 0.629. The highest BCUT2D eigenvalue weighted by atomic mass is 35.5. The third-order valence-corrected chi connectivity index (χ3v) is 5.82. The van der Waals surface area contributed by atoms with Gasteiger partial charge in [0.2, 0.25) is 5.91 Å². The van der Waals surface area contributed by atoms with Crippen LogP contribution >= 0.6 is 11.6 Å². The minimum atomic E-state index is 0.0397. The zero-order chi connectivity index (χ0) is 20.4. The first-order chi connectivity index (χ1) is 14.1. The first-order valence-electron chi connectivity index (χ1n) is 9.83. The average Bonchev–Trinajstić information content (AvgIpc) is 3.17. The zero-order valence-corrected chi connectivity index (χ0v) is 17.1. The summed E-state index contributed by atoms with van der Waals surface area (Å²) in [6, 6.07) is 7.86. The molecule has 0 unspecified atom stereocenters. The molecular weight excluding hydrogens is 388 g/mol. The van der Waals surface area contributed by atoms with Crippen molar-refractivity contribution in [1.82, 2.24) is 14.9 Å². The molecule has 3 aromatic rings. The van der Waals surface area contributed by atoms with E-state index < -0.39 is 0 Å². The fourth-order valence-corrected chi connectivity index (χ4v) is 4.23. The molecule has 7 heteroatoms. The van der Waals surface area contributed by atoms with Gasteiger partial charge in [0.1, 0.15) is 11.9 Å². The van der Waals surface area contributed by atoms with Crippen LogP contribution in [-0.4, -0.2) is 53.2 Å². The predicted molar refractivity (Wildman–Crippen MR) is 115 cm³/mol. The standard InChI is InChI=1S/C22H23ClN4O2/c1-2-15-12-24-22-20(15)21(23)18(13-25-22)16-5-3-6-17(11-16)27-9-8-26(7-4-10-28)14-19(27)29/h3,5-6,10-13H,2,4,7-9,14H2,1H3,(H,24,25). The molecule has 0 saturated carbocycles. The van der Waals surface area contributed by atoms with E-state index in [1.165, 1.54) is 0 Å². The van der Waals surface area contributed by atoms with Crippen molar-refractivity contribution in [3.63, 3.8) is 0 Å². The summed E-state index contributed by atoms with van der Waals surface area (Å²) >= 11 is 6.76. The van der Waals surface area contributed by atoms with Gasteiger partial charge < -0.3 is 14.7 Å². The van der Waals surface area contributed by atoms with E-state index in [0.717, 1.165) is 52.7 Å². The van der Waals surface area contributed by atoms with Crippen LogP contribution in [0.15, 0.2) is 36.7 Å². The number of nitrogens with zero attached hydrogens (tertiary/aromatic N) is 3. The molecule has 1 aliphatic heterocycles. The van der Waals surface area contributed by atoms with E-state index in [1.807, 2.05) is 35.4 Å². The van der Waals surface area contributed by atoms with Gasteiger partial charge in [-0.1, -0.05) is 30.7 Å². The monoisotopic (exact) mass is 410 g/mol. The van der Waals surface area contributed by atoms with Gasteiger partial charge in [-0.05, 0) is 29.7 Å². The van der Waals surface area contributed by atoms with Crippen LogP contribution in [0.5, 0.6) is 0 Å². The molecule has 1 fully saturated rings. The molecule has 150 valence electrons. The molecule has 1 saturated heterocycles. The number of aryl methyl sites for hydroxylation is 1. The molecule has 0 radical (unpaired) electrons. The molecule has 2 aromatic heterocycles. The Bertz CT molecular complexity index is 1060. The Morgan fingerprint density at radius 2 is 2.17 bits per heavy atom. The normalized spacial score (nSPS) is 15.2. The number of halogens is 1. The lowest BCUT2D eigenvalue weighted by Gasteiger charge is -2.34. The van der Waals surface area contributed by atoms with Gasteiger partial charge in [-0.15, -0.1) is 0 Å². The number of carbonyl (C=O) groups excluding carboxylic acids is 2. The zero-order valence-electron chi connectivity index (χ0n) is 16.3. The molecule has 0 spiro atoms. The smallest absolute Gasteiger partial charge is 0.241 e. The van der Waals surface area contributed by atoms with Crippen molar-refractivity contribution >= 4 is 40.5 Å². The fourth-order valence-electron chi connectivity index (χ4n) is 3.86. The highest BCUT2D eigenvalue weighted by molar-refractivity contribution is 6.38. The van der Waals surface area contributed by atoms with Gasteiger partial charge in [0, 0.05) is 55.1 Å². The summed E-state index contributed by atoms with van der Waals surface area (Å²) in [7, 11) is 0. The van der Waals surface area contributed by atoms with Crippen molar-refractivity contribution < 1.29 is 9.59 Å². The number of anilines is 1. The van der Waals surface area contributed by atoms with Gasteiger partial charge in [-0.3, -0.25) is 9.69 Å². The molecule has 1 aliphatic rings. The molecular formula is C22H23ClN4O2.